The molecule has 3 aromatic rings. The van der Waals surface area contributed by atoms with Gasteiger partial charge in [0.25, 0.3) is 0 Å². The van der Waals surface area contributed by atoms with Gasteiger partial charge in [0.2, 0.25) is 5.91 Å². The minimum absolute atomic E-state index is 0.000104. The van der Waals surface area contributed by atoms with E-state index < -0.39 is 0 Å². The summed E-state index contributed by atoms with van der Waals surface area (Å²) in [5.41, 5.74) is 2.93. The van der Waals surface area contributed by atoms with Gasteiger partial charge in [-0.25, -0.2) is 0 Å². The maximum absolute atomic E-state index is 12.3. The molecule has 0 unspecified atom stereocenters. The van der Waals surface area contributed by atoms with Crippen molar-refractivity contribution in [3.05, 3.63) is 65.7 Å². The van der Waals surface area contributed by atoms with Crippen molar-refractivity contribution in [2.24, 2.45) is 0 Å². The van der Waals surface area contributed by atoms with Crippen LogP contribution in [0.3, 0.4) is 0 Å². The van der Waals surface area contributed by atoms with Gasteiger partial charge in [-0.3, -0.25) is 4.79 Å². The van der Waals surface area contributed by atoms with Gasteiger partial charge in [-0.1, -0.05) is 42.5 Å². The number of nitrogens with one attached hydrogen (secondary N) is 1. The van der Waals surface area contributed by atoms with Gasteiger partial charge in [-0.05, 0) is 35.6 Å². The minimum atomic E-state index is -0.0619. The van der Waals surface area contributed by atoms with Crippen LogP contribution >= 0.6 is 0 Å². The smallest absolute Gasteiger partial charge is 0.225 e. The second-order valence-corrected chi connectivity index (χ2v) is 6.22. The Bertz CT molecular complexity index is 965. The van der Waals surface area contributed by atoms with Crippen LogP contribution in [0.5, 0.6) is 11.5 Å². The third-order valence-electron chi connectivity index (χ3n) is 4.68. The van der Waals surface area contributed by atoms with Crippen molar-refractivity contribution in [1.82, 2.24) is 0 Å². The van der Waals surface area contributed by atoms with E-state index in [-0.39, 0.29) is 17.6 Å². The molecule has 1 amide bonds. The normalized spacial score (nSPS) is 16.4. The van der Waals surface area contributed by atoms with Crippen molar-refractivity contribution in [3.8, 4) is 11.5 Å². The SMILES string of the molecule is CCOc1cc([C@@H]2CC(=O)Nc3c2ccc2ccccc32)ccc1O. The highest BCUT2D eigenvalue weighted by Gasteiger charge is 2.28. The van der Waals surface area contributed by atoms with Crippen LogP contribution in [0.25, 0.3) is 10.8 Å². The summed E-state index contributed by atoms with van der Waals surface area (Å²) in [5, 5.41) is 15.1. The quantitative estimate of drug-likeness (QED) is 0.746. The Labute approximate surface area is 146 Å². The third-order valence-corrected chi connectivity index (χ3v) is 4.68. The topological polar surface area (TPSA) is 58.6 Å². The number of carbonyl (C=O) groups is 1. The predicted molar refractivity (Wildman–Crippen MR) is 98.3 cm³/mol. The van der Waals surface area contributed by atoms with E-state index in [1.54, 1.807) is 6.07 Å². The third kappa shape index (κ3) is 2.70. The van der Waals surface area contributed by atoms with E-state index in [0.29, 0.717) is 18.8 Å². The molecule has 0 saturated carbocycles. The monoisotopic (exact) mass is 333 g/mol. The number of aromatic hydroxyl groups is 1. The maximum atomic E-state index is 12.3. The summed E-state index contributed by atoms with van der Waals surface area (Å²) in [6.07, 6.45) is 0.377. The van der Waals surface area contributed by atoms with Crippen LogP contribution in [0.1, 0.15) is 30.4 Å². The lowest BCUT2D eigenvalue weighted by molar-refractivity contribution is -0.116. The molecular weight excluding hydrogens is 314 g/mol. The zero-order chi connectivity index (χ0) is 17.4. The molecule has 0 spiro atoms. The van der Waals surface area contributed by atoms with Gasteiger partial charge in [0.15, 0.2) is 11.5 Å². The first-order valence-electron chi connectivity index (χ1n) is 8.44. The molecule has 126 valence electrons. The number of ether oxygens (including phenoxy) is 1. The molecule has 0 saturated heterocycles. The Kier molecular flexibility index (Phi) is 3.80. The van der Waals surface area contributed by atoms with Gasteiger partial charge in [-0.2, -0.15) is 0 Å². The number of carbonyl (C=O) groups excluding carboxylic acids is 1. The first kappa shape index (κ1) is 15.5. The van der Waals surface area contributed by atoms with Crippen LogP contribution < -0.4 is 10.1 Å². The van der Waals surface area contributed by atoms with E-state index in [2.05, 4.69) is 17.4 Å². The molecule has 1 aliphatic heterocycles. The number of benzene rings is 3. The van der Waals surface area contributed by atoms with Crippen molar-refractivity contribution in [3.63, 3.8) is 0 Å². The highest BCUT2D eigenvalue weighted by Crippen LogP contribution is 2.42. The summed E-state index contributed by atoms with van der Waals surface area (Å²) in [6.45, 7) is 2.35. The number of hydrogen-bond acceptors (Lipinski definition) is 3. The van der Waals surface area contributed by atoms with Gasteiger partial charge >= 0.3 is 0 Å². The van der Waals surface area contributed by atoms with E-state index >= 15 is 0 Å². The minimum Gasteiger partial charge on any atom is -0.504 e. The zero-order valence-electron chi connectivity index (χ0n) is 14.0. The Morgan fingerprint density at radius 3 is 2.84 bits per heavy atom. The lowest BCUT2D eigenvalue weighted by atomic mass is 9.83. The first-order valence-corrected chi connectivity index (χ1v) is 8.44. The molecule has 0 fully saturated rings. The van der Waals surface area contributed by atoms with Crippen molar-refractivity contribution < 1.29 is 14.6 Å². The average Bonchev–Trinajstić information content (AvgIpc) is 2.63. The largest absolute Gasteiger partial charge is 0.504 e. The summed E-state index contributed by atoms with van der Waals surface area (Å²) in [7, 11) is 0. The molecule has 1 heterocycles. The van der Waals surface area contributed by atoms with Crippen molar-refractivity contribution in [2.45, 2.75) is 19.3 Å². The van der Waals surface area contributed by atoms with Crippen LogP contribution in [0.2, 0.25) is 0 Å². The molecule has 2 N–H and O–H groups in total. The molecule has 1 atom stereocenters. The fraction of sp³-hybridized carbons (Fsp3) is 0.190. The number of hydrogen-bond donors (Lipinski definition) is 2. The first-order chi connectivity index (χ1) is 12.2. The summed E-state index contributed by atoms with van der Waals surface area (Å²) < 4.78 is 5.50. The molecule has 0 aliphatic carbocycles. The van der Waals surface area contributed by atoms with E-state index in [4.69, 9.17) is 4.74 Å². The van der Waals surface area contributed by atoms with E-state index in [9.17, 15) is 9.90 Å². The summed E-state index contributed by atoms with van der Waals surface area (Å²) in [5.74, 6) is 0.506. The number of phenols is 1. The van der Waals surface area contributed by atoms with Crippen LogP contribution in [0.4, 0.5) is 5.69 Å². The maximum Gasteiger partial charge on any atom is 0.225 e. The molecule has 3 aromatic carbocycles. The number of phenolic OH excluding ortho intramolecular Hbond substituents is 1. The Balaban J connectivity index is 1.86. The second kappa shape index (κ2) is 6.13. The highest BCUT2D eigenvalue weighted by molar-refractivity contribution is 6.06. The predicted octanol–water partition coefficient (Wildman–Crippen LogP) is 4.42. The van der Waals surface area contributed by atoms with E-state index in [1.165, 1.54) is 0 Å². The zero-order valence-corrected chi connectivity index (χ0v) is 14.0. The molecule has 0 aromatic heterocycles. The lowest BCUT2D eigenvalue weighted by Gasteiger charge is -2.27. The average molecular weight is 333 g/mol. The Morgan fingerprint density at radius 1 is 1.16 bits per heavy atom. The number of amides is 1. The van der Waals surface area contributed by atoms with E-state index in [1.807, 2.05) is 43.3 Å². The van der Waals surface area contributed by atoms with Gasteiger partial charge in [0, 0.05) is 17.7 Å². The number of fused-ring (bicyclic) bond motifs is 3. The van der Waals surface area contributed by atoms with Gasteiger partial charge in [0.05, 0.1) is 12.3 Å². The Hall–Kier alpha value is -3.01. The Morgan fingerprint density at radius 2 is 2.00 bits per heavy atom. The molecule has 4 heteroatoms. The molecule has 4 rings (SSSR count). The molecule has 1 aliphatic rings. The lowest BCUT2D eigenvalue weighted by Crippen LogP contribution is -2.23. The van der Waals surface area contributed by atoms with Gasteiger partial charge in [-0.15, -0.1) is 0 Å². The van der Waals surface area contributed by atoms with Crippen LogP contribution in [0, 0.1) is 0 Å². The molecule has 0 radical (unpaired) electrons. The standard InChI is InChI=1S/C21H19NO3/c1-2-25-19-11-14(8-10-18(19)23)17-12-20(24)22-21-15-6-4-3-5-13(15)7-9-16(17)21/h3-11,17,23H,2,12H2,1H3,(H,22,24)/t17-/m0/s1. The van der Waals surface area contributed by atoms with Crippen LogP contribution in [-0.2, 0) is 4.79 Å². The molecule has 0 bridgehead atoms. The van der Waals surface area contributed by atoms with Gasteiger partial charge < -0.3 is 15.2 Å². The fourth-order valence-electron chi connectivity index (χ4n) is 3.52. The van der Waals surface area contributed by atoms with E-state index in [0.717, 1.165) is 27.6 Å². The van der Waals surface area contributed by atoms with Crippen molar-refractivity contribution in [2.75, 3.05) is 11.9 Å². The molecular formula is C21H19NO3. The fourth-order valence-corrected chi connectivity index (χ4v) is 3.52. The number of rotatable bonds is 3. The highest BCUT2D eigenvalue weighted by atomic mass is 16.5. The summed E-state index contributed by atoms with van der Waals surface area (Å²) >= 11 is 0. The molecule has 25 heavy (non-hydrogen) atoms. The summed E-state index contributed by atoms with van der Waals surface area (Å²) in [4.78, 5) is 12.3. The van der Waals surface area contributed by atoms with Crippen molar-refractivity contribution >= 4 is 22.4 Å². The van der Waals surface area contributed by atoms with Gasteiger partial charge in [0.1, 0.15) is 0 Å². The number of anilines is 1. The summed E-state index contributed by atoms with van der Waals surface area (Å²) in [6, 6.07) is 17.5. The second-order valence-electron chi connectivity index (χ2n) is 6.22. The van der Waals surface area contributed by atoms with Crippen LogP contribution in [0.15, 0.2) is 54.6 Å². The van der Waals surface area contributed by atoms with Crippen molar-refractivity contribution in [1.29, 1.82) is 0 Å². The van der Waals surface area contributed by atoms with Crippen LogP contribution in [-0.4, -0.2) is 17.6 Å². The molecule has 4 nitrogen and oxygen atoms in total.